The molecule has 3 aliphatic rings. The monoisotopic (exact) mass is 585 g/mol. The van der Waals surface area contributed by atoms with E-state index in [1.165, 1.54) is 20.9 Å². The molecule has 0 unspecified atom stereocenters. The molecule has 2 N–H and O–H groups in total. The zero-order chi connectivity index (χ0) is 30.8. The molecular weight excluding hydrogens is 542 g/mol. The van der Waals surface area contributed by atoms with Gasteiger partial charge in [0.05, 0.1) is 12.6 Å². The van der Waals surface area contributed by atoms with E-state index in [1.54, 1.807) is 30.6 Å². The van der Waals surface area contributed by atoms with Crippen LogP contribution in [0.2, 0.25) is 0 Å². The Hall–Kier alpha value is -3.83. The Kier molecular flexibility index (Phi) is 9.32. The van der Waals surface area contributed by atoms with Crippen LogP contribution in [-0.4, -0.2) is 101 Å². The number of ether oxygens (including phenoxy) is 2. The molecule has 5 amide bonds. The number of carbonyl (C=O) groups excluding carboxylic acids is 5. The normalized spacial score (nSPS) is 24.7. The van der Waals surface area contributed by atoms with Crippen LogP contribution in [0.15, 0.2) is 24.3 Å². The Morgan fingerprint density at radius 1 is 1.05 bits per heavy atom. The molecule has 230 valence electrons. The number of amides is 5. The number of nitrogens with one attached hydrogen (secondary N) is 2. The molecule has 12 heteroatoms. The topological polar surface area (TPSA) is 138 Å². The van der Waals surface area contributed by atoms with E-state index >= 15 is 0 Å². The predicted octanol–water partition coefficient (Wildman–Crippen LogP) is 1.98. The smallest absolute Gasteiger partial charge is 0.410 e. The Morgan fingerprint density at radius 2 is 1.76 bits per heavy atom. The molecule has 0 aliphatic carbocycles. The van der Waals surface area contributed by atoms with Crippen LogP contribution in [0.3, 0.4) is 0 Å². The lowest BCUT2D eigenvalue weighted by molar-refractivity contribution is -0.147. The van der Waals surface area contributed by atoms with Crippen molar-refractivity contribution in [1.29, 1.82) is 0 Å². The van der Waals surface area contributed by atoms with Gasteiger partial charge in [0, 0.05) is 45.1 Å². The van der Waals surface area contributed by atoms with Gasteiger partial charge in [-0.15, -0.1) is 0 Å². The van der Waals surface area contributed by atoms with Gasteiger partial charge in [-0.25, -0.2) is 4.79 Å². The molecule has 0 bridgehead atoms. The van der Waals surface area contributed by atoms with Gasteiger partial charge >= 0.3 is 6.09 Å². The van der Waals surface area contributed by atoms with Gasteiger partial charge in [0.25, 0.3) is 0 Å². The van der Waals surface area contributed by atoms with Crippen molar-refractivity contribution in [3.8, 4) is 5.75 Å². The van der Waals surface area contributed by atoms with Gasteiger partial charge in [-0.3, -0.25) is 24.1 Å². The molecule has 42 heavy (non-hydrogen) atoms. The van der Waals surface area contributed by atoms with E-state index < -0.39 is 41.6 Å². The van der Waals surface area contributed by atoms with Gasteiger partial charge in [-0.2, -0.15) is 0 Å². The summed E-state index contributed by atoms with van der Waals surface area (Å²) in [5, 5.41) is 5.90. The third-order valence-electron chi connectivity index (χ3n) is 8.17. The van der Waals surface area contributed by atoms with Crippen LogP contribution in [-0.2, 0) is 23.9 Å². The molecule has 12 nitrogen and oxygen atoms in total. The first-order chi connectivity index (χ1) is 19.8. The summed E-state index contributed by atoms with van der Waals surface area (Å²) in [6, 6.07) is 4.35. The number of likely N-dealkylation sites (N-methyl/N-ethyl adjacent to an activating group) is 1. The predicted molar refractivity (Wildman–Crippen MR) is 153 cm³/mol. The van der Waals surface area contributed by atoms with Crippen molar-refractivity contribution in [2.75, 3.05) is 26.7 Å². The second kappa shape index (κ2) is 12.6. The van der Waals surface area contributed by atoms with E-state index in [2.05, 4.69) is 10.6 Å². The van der Waals surface area contributed by atoms with Crippen molar-refractivity contribution in [2.45, 2.75) is 96.1 Å². The molecule has 0 saturated carbocycles. The highest BCUT2D eigenvalue weighted by atomic mass is 16.6. The number of rotatable bonds is 5. The fourth-order valence-corrected chi connectivity index (χ4v) is 5.75. The second-order valence-corrected chi connectivity index (χ2v) is 12.3. The first kappa shape index (κ1) is 31.1. The number of hydrogen-bond donors (Lipinski definition) is 2. The molecular formula is C30H43N5O7. The average Bonchev–Trinajstić information content (AvgIpc) is 3.35. The van der Waals surface area contributed by atoms with Crippen LogP contribution >= 0.6 is 0 Å². The molecule has 0 radical (unpaired) electrons. The molecule has 0 aromatic heterocycles. The molecule has 2 saturated heterocycles. The van der Waals surface area contributed by atoms with Gasteiger partial charge in [0.1, 0.15) is 29.5 Å². The molecule has 0 spiro atoms. The number of para-hydroxylation sites is 1. The highest BCUT2D eigenvalue weighted by molar-refractivity contribution is 5.95. The zero-order valence-corrected chi connectivity index (χ0v) is 25.3. The molecule has 2 fully saturated rings. The molecule has 1 aromatic rings. The maximum absolute atomic E-state index is 14.1. The average molecular weight is 586 g/mol. The van der Waals surface area contributed by atoms with E-state index in [1.807, 2.05) is 24.3 Å². The summed E-state index contributed by atoms with van der Waals surface area (Å²) in [5.41, 5.74) is 0.155. The lowest BCUT2D eigenvalue weighted by atomic mass is 10.00. The molecule has 3 heterocycles. The summed E-state index contributed by atoms with van der Waals surface area (Å²) in [5.74, 6) is -0.712. The first-order valence-electron chi connectivity index (χ1n) is 14.6. The van der Waals surface area contributed by atoms with E-state index in [0.29, 0.717) is 38.8 Å². The molecule has 5 atom stereocenters. The van der Waals surface area contributed by atoms with E-state index in [9.17, 15) is 24.0 Å². The number of nitrogens with zero attached hydrogens (tertiary/aromatic N) is 3. The first-order valence-corrected chi connectivity index (χ1v) is 14.6. The highest BCUT2D eigenvalue weighted by Gasteiger charge is 2.46. The van der Waals surface area contributed by atoms with Gasteiger partial charge < -0.3 is 29.9 Å². The number of benzene rings is 1. The second-order valence-electron chi connectivity index (χ2n) is 12.3. The van der Waals surface area contributed by atoms with Crippen LogP contribution in [0.5, 0.6) is 5.75 Å². The van der Waals surface area contributed by atoms with Crippen LogP contribution in [0, 0.1) is 0 Å². The van der Waals surface area contributed by atoms with Crippen LogP contribution in [0.4, 0.5) is 4.79 Å². The maximum atomic E-state index is 14.1. The maximum Gasteiger partial charge on any atom is 0.410 e. The molecule has 4 rings (SSSR count). The zero-order valence-electron chi connectivity index (χ0n) is 25.3. The van der Waals surface area contributed by atoms with E-state index in [0.717, 1.165) is 16.2 Å². The summed E-state index contributed by atoms with van der Waals surface area (Å²) in [4.78, 5) is 70.3. The third kappa shape index (κ3) is 6.96. The lowest BCUT2D eigenvalue weighted by Gasteiger charge is -2.39. The van der Waals surface area contributed by atoms with Crippen molar-refractivity contribution < 1.29 is 33.4 Å². The number of hydrogen-bond acceptors (Lipinski definition) is 7. The summed E-state index contributed by atoms with van der Waals surface area (Å²) in [7, 11) is 1.45. The number of fused-ring (bicyclic) bond motifs is 2. The number of carbonyl (C=O) groups is 5. The summed E-state index contributed by atoms with van der Waals surface area (Å²) in [6.07, 6.45) is 1.56. The van der Waals surface area contributed by atoms with Crippen LogP contribution < -0.4 is 15.4 Å². The van der Waals surface area contributed by atoms with Gasteiger partial charge in [-0.05, 0) is 53.0 Å². The summed E-state index contributed by atoms with van der Waals surface area (Å²) >= 11 is 0. The minimum Gasteiger partial charge on any atom is -0.493 e. The van der Waals surface area contributed by atoms with Crippen molar-refractivity contribution in [2.24, 2.45) is 0 Å². The quantitative estimate of drug-likeness (QED) is 0.539. The Balaban J connectivity index is 1.51. The van der Waals surface area contributed by atoms with Crippen LogP contribution in [0.25, 0.3) is 0 Å². The van der Waals surface area contributed by atoms with Crippen molar-refractivity contribution in [1.82, 2.24) is 25.3 Å². The van der Waals surface area contributed by atoms with Crippen molar-refractivity contribution in [3.63, 3.8) is 0 Å². The molecule has 3 aliphatic heterocycles. The Morgan fingerprint density at radius 3 is 2.45 bits per heavy atom. The van der Waals surface area contributed by atoms with E-state index in [-0.39, 0.29) is 30.4 Å². The fourth-order valence-electron chi connectivity index (χ4n) is 5.75. The molecule has 1 aromatic carbocycles. The third-order valence-corrected chi connectivity index (χ3v) is 8.17. The highest BCUT2D eigenvalue weighted by Crippen LogP contribution is 2.34. The lowest BCUT2D eigenvalue weighted by Crippen LogP contribution is -2.62. The minimum absolute atomic E-state index is 0.0341. The van der Waals surface area contributed by atoms with Crippen molar-refractivity contribution in [3.05, 3.63) is 29.8 Å². The standard InChI is InChI=1S/C30H43N5O7/c1-18(33(6)29(40)42-30(3,4)5)26(37)32-23-17-34(19(2)36)15-13-20-11-12-24(35(20)28(23)39)27(38)31-22-14-16-41-25-10-8-7-9-21(22)25/h7-10,18,20,22-24H,11-17H2,1-6H3,(H,31,38)(H,32,37)/t18-,20+,22+,23-,24-/m0/s1. The van der Waals surface area contributed by atoms with Crippen molar-refractivity contribution >= 4 is 29.7 Å². The Bertz CT molecular complexity index is 1210. The SMILES string of the molecule is CC(=O)N1CC[C@H]2CC[C@@H](C(=O)N[C@@H]3CCOc4ccccc43)N2C(=O)[C@@H](NC(=O)[C@H](C)N(C)C(=O)OC(C)(C)C)C1. The van der Waals surface area contributed by atoms with Gasteiger partial charge in [-0.1, -0.05) is 18.2 Å². The minimum atomic E-state index is -1.09. The van der Waals surface area contributed by atoms with Gasteiger partial charge in [0.2, 0.25) is 23.6 Å². The van der Waals surface area contributed by atoms with Crippen LogP contribution in [0.1, 0.15) is 71.9 Å². The Labute approximate surface area is 247 Å². The van der Waals surface area contributed by atoms with E-state index in [4.69, 9.17) is 9.47 Å². The fraction of sp³-hybridized carbons (Fsp3) is 0.633. The van der Waals surface area contributed by atoms with Gasteiger partial charge in [0.15, 0.2) is 0 Å². The summed E-state index contributed by atoms with van der Waals surface area (Å²) in [6.45, 7) is 8.99. The largest absolute Gasteiger partial charge is 0.493 e. The summed E-state index contributed by atoms with van der Waals surface area (Å²) < 4.78 is 11.1.